The molecule has 94 valence electrons. The highest BCUT2D eigenvalue weighted by molar-refractivity contribution is 5.80. The van der Waals surface area contributed by atoms with E-state index < -0.39 is 0 Å². The standard InChI is InChI=1S/C14H21NO2/c15-10-4-2-1-3-5-14(17)11-12-6-8-13(16)9-7-12/h6-9,16H,1-5,10-11,15H2. The third kappa shape index (κ3) is 6.07. The Kier molecular flexibility index (Phi) is 6.33. The largest absolute Gasteiger partial charge is 0.508 e. The second-order valence-electron chi connectivity index (χ2n) is 4.33. The SMILES string of the molecule is NCCCCCCC(=O)Cc1ccc(O)cc1. The van der Waals surface area contributed by atoms with Gasteiger partial charge in [0.05, 0.1) is 0 Å². The van der Waals surface area contributed by atoms with E-state index in [2.05, 4.69) is 0 Å². The molecule has 0 aliphatic rings. The van der Waals surface area contributed by atoms with Crippen molar-refractivity contribution >= 4 is 5.78 Å². The average molecular weight is 235 g/mol. The van der Waals surface area contributed by atoms with Crippen molar-refractivity contribution in [3.05, 3.63) is 29.8 Å². The number of hydrogen-bond donors (Lipinski definition) is 2. The molecule has 0 amide bonds. The van der Waals surface area contributed by atoms with Crippen LogP contribution in [0.3, 0.4) is 0 Å². The van der Waals surface area contributed by atoms with E-state index in [0.717, 1.165) is 37.8 Å². The molecule has 1 aromatic carbocycles. The zero-order valence-electron chi connectivity index (χ0n) is 10.2. The highest BCUT2D eigenvalue weighted by Crippen LogP contribution is 2.12. The van der Waals surface area contributed by atoms with Gasteiger partial charge in [-0.25, -0.2) is 0 Å². The molecule has 1 rings (SSSR count). The maximum Gasteiger partial charge on any atom is 0.137 e. The molecular formula is C14H21NO2. The van der Waals surface area contributed by atoms with Crippen LogP contribution in [-0.4, -0.2) is 17.4 Å². The molecule has 3 N–H and O–H groups in total. The van der Waals surface area contributed by atoms with Crippen LogP contribution >= 0.6 is 0 Å². The molecule has 0 aromatic heterocycles. The quantitative estimate of drug-likeness (QED) is 0.680. The lowest BCUT2D eigenvalue weighted by Crippen LogP contribution is -2.03. The summed E-state index contributed by atoms with van der Waals surface area (Å²) in [7, 11) is 0. The van der Waals surface area contributed by atoms with Gasteiger partial charge in [0.25, 0.3) is 0 Å². The van der Waals surface area contributed by atoms with Crippen LogP contribution in [0.15, 0.2) is 24.3 Å². The number of benzene rings is 1. The summed E-state index contributed by atoms with van der Waals surface area (Å²) in [6.45, 7) is 0.738. The van der Waals surface area contributed by atoms with E-state index in [1.165, 1.54) is 0 Å². The van der Waals surface area contributed by atoms with Crippen LogP contribution < -0.4 is 5.73 Å². The van der Waals surface area contributed by atoms with Crippen LogP contribution in [-0.2, 0) is 11.2 Å². The predicted octanol–water partition coefficient (Wildman–Crippen LogP) is 2.41. The van der Waals surface area contributed by atoms with Crippen molar-refractivity contribution < 1.29 is 9.90 Å². The summed E-state index contributed by atoms with van der Waals surface area (Å²) in [6.07, 6.45) is 5.31. The van der Waals surface area contributed by atoms with E-state index in [9.17, 15) is 4.79 Å². The monoisotopic (exact) mass is 235 g/mol. The summed E-state index contributed by atoms with van der Waals surface area (Å²) in [5, 5.41) is 9.12. The molecule has 0 aliphatic carbocycles. The van der Waals surface area contributed by atoms with Crippen LogP contribution in [0.25, 0.3) is 0 Å². The summed E-state index contributed by atoms with van der Waals surface area (Å²) >= 11 is 0. The minimum Gasteiger partial charge on any atom is -0.508 e. The van der Waals surface area contributed by atoms with Crippen molar-refractivity contribution in [3.8, 4) is 5.75 Å². The van der Waals surface area contributed by atoms with Gasteiger partial charge in [0.2, 0.25) is 0 Å². The van der Waals surface area contributed by atoms with Crippen molar-refractivity contribution in [2.75, 3.05) is 6.54 Å². The number of carbonyl (C=O) groups excluding carboxylic acids is 1. The van der Waals surface area contributed by atoms with Gasteiger partial charge in [0.1, 0.15) is 11.5 Å². The minimum atomic E-state index is 0.239. The second-order valence-corrected chi connectivity index (χ2v) is 4.33. The molecule has 1 aromatic rings. The third-order valence-electron chi connectivity index (χ3n) is 2.75. The van der Waals surface area contributed by atoms with Gasteiger partial charge in [-0.15, -0.1) is 0 Å². The van der Waals surface area contributed by atoms with Crippen LogP contribution in [0.2, 0.25) is 0 Å². The van der Waals surface area contributed by atoms with Gasteiger partial charge in [-0.05, 0) is 37.1 Å². The third-order valence-corrected chi connectivity index (χ3v) is 2.75. The van der Waals surface area contributed by atoms with E-state index in [1.54, 1.807) is 24.3 Å². The van der Waals surface area contributed by atoms with Gasteiger partial charge in [0, 0.05) is 12.8 Å². The molecule has 3 nitrogen and oxygen atoms in total. The zero-order valence-corrected chi connectivity index (χ0v) is 10.2. The fourth-order valence-electron chi connectivity index (χ4n) is 1.75. The molecule has 0 spiro atoms. The number of hydrogen-bond acceptors (Lipinski definition) is 3. The van der Waals surface area contributed by atoms with Crippen molar-refractivity contribution in [1.29, 1.82) is 0 Å². The first-order valence-electron chi connectivity index (χ1n) is 6.22. The van der Waals surface area contributed by atoms with Crippen LogP contribution in [0.5, 0.6) is 5.75 Å². The molecule has 0 saturated carbocycles. The van der Waals surface area contributed by atoms with Crippen LogP contribution in [0, 0.1) is 0 Å². The molecule has 0 radical (unpaired) electrons. The number of Topliss-reactive ketones (excluding diaryl/α,β-unsaturated/α-hetero) is 1. The Morgan fingerprint density at radius 1 is 1.06 bits per heavy atom. The van der Waals surface area contributed by atoms with Crippen molar-refractivity contribution in [3.63, 3.8) is 0 Å². The maximum absolute atomic E-state index is 11.6. The number of aromatic hydroxyl groups is 1. The maximum atomic E-state index is 11.6. The number of ketones is 1. The summed E-state index contributed by atoms with van der Waals surface area (Å²) in [5.41, 5.74) is 6.36. The van der Waals surface area contributed by atoms with Crippen molar-refractivity contribution in [2.24, 2.45) is 5.73 Å². The van der Waals surface area contributed by atoms with Gasteiger partial charge >= 0.3 is 0 Å². The lowest BCUT2D eigenvalue weighted by Gasteiger charge is -2.02. The lowest BCUT2D eigenvalue weighted by atomic mass is 10.0. The molecule has 0 saturated heterocycles. The van der Waals surface area contributed by atoms with Gasteiger partial charge < -0.3 is 10.8 Å². The number of nitrogens with two attached hydrogens (primary N) is 1. The lowest BCUT2D eigenvalue weighted by molar-refractivity contribution is -0.118. The summed E-state index contributed by atoms with van der Waals surface area (Å²) in [4.78, 5) is 11.6. The average Bonchev–Trinajstić information content (AvgIpc) is 2.32. The Morgan fingerprint density at radius 3 is 2.35 bits per heavy atom. The Balaban J connectivity index is 2.18. The van der Waals surface area contributed by atoms with Crippen LogP contribution in [0.1, 0.15) is 37.7 Å². The zero-order chi connectivity index (χ0) is 12.5. The van der Waals surface area contributed by atoms with Gasteiger partial charge in [-0.1, -0.05) is 25.0 Å². The van der Waals surface area contributed by atoms with E-state index in [0.29, 0.717) is 12.8 Å². The summed E-state index contributed by atoms with van der Waals surface area (Å²) < 4.78 is 0. The Hall–Kier alpha value is -1.35. The fraction of sp³-hybridized carbons (Fsp3) is 0.500. The van der Waals surface area contributed by atoms with Gasteiger partial charge in [0.15, 0.2) is 0 Å². The van der Waals surface area contributed by atoms with E-state index in [1.807, 2.05) is 0 Å². The first-order chi connectivity index (χ1) is 8.22. The molecule has 0 aliphatic heterocycles. The highest BCUT2D eigenvalue weighted by atomic mass is 16.3. The smallest absolute Gasteiger partial charge is 0.137 e. The molecule has 0 fully saturated rings. The molecule has 0 heterocycles. The highest BCUT2D eigenvalue weighted by Gasteiger charge is 2.03. The van der Waals surface area contributed by atoms with E-state index >= 15 is 0 Å². The number of unbranched alkanes of at least 4 members (excludes halogenated alkanes) is 3. The van der Waals surface area contributed by atoms with E-state index in [-0.39, 0.29) is 11.5 Å². The second kappa shape index (κ2) is 7.85. The van der Waals surface area contributed by atoms with Crippen molar-refractivity contribution in [2.45, 2.75) is 38.5 Å². The van der Waals surface area contributed by atoms with Crippen LogP contribution in [0.4, 0.5) is 0 Å². The molecule has 0 unspecified atom stereocenters. The normalized spacial score (nSPS) is 10.4. The predicted molar refractivity (Wildman–Crippen MR) is 69.0 cm³/mol. The van der Waals surface area contributed by atoms with E-state index in [4.69, 9.17) is 10.8 Å². The molecule has 0 atom stereocenters. The molecule has 17 heavy (non-hydrogen) atoms. The van der Waals surface area contributed by atoms with Crippen molar-refractivity contribution in [1.82, 2.24) is 0 Å². The Labute approximate surface area is 103 Å². The molecular weight excluding hydrogens is 214 g/mol. The van der Waals surface area contributed by atoms with Gasteiger partial charge in [-0.2, -0.15) is 0 Å². The Morgan fingerprint density at radius 2 is 1.71 bits per heavy atom. The van der Waals surface area contributed by atoms with Gasteiger partial charge in [-0.3, -0.25) is 4.79 Å². The first-order valence-corrected chi connectivity index (χ1v) is 6.22. The summed E-state index contributed by atoms with van der Waals surface area (Å²) in [5.74, 6) is 0.506. The first kappa shape index (κ1) is 13.7. The molecule has 0 bridgehead atoms. The topological polar surface area (TPSA) is 63.3 Å². The Bertz CT molecular complexity index is 333. The minimum absolute atomic E-state index is 0.239. The summed E-state index contributed by atoms with van der Waals surface area (Å²) in [6, 6.07) is 6.82. The number of phenolic OH excluding ortho intramolecular Hbond substituents is 1. The number of carbonyl (C=O) groups is 1. The number of phenols is 1. The molecule has 3 heteroatoms. The number of rotatable bonds is 8. The fourth-order valence-corrected chi connectivity index (χ4v) is 1.75.